The maximum Gasteiger partial charge on any atom is 0.338 e. The van der Waals surface area contributed by atoms with E-state index < -0.39 is 12.0 Å². The van der Waals surface area contributed by atoms with Crippen LogP contribution in [0.2, 0.25) is 0 Å². The van der Waals surface area contributed by atoms with Crippen molar-refractivity contribution in [1.29, 1.82) is 0 Å². The second-order valence-electron chi connectivity index (χ2n) is 8.09. The molecule has 4 rings (SSSR count). The summed E-state index contributed by atoms with van der Waals surface area (Å²) >= 11 is 2.89. The third kappa shape index (κ3) is 4.86. The molecule has 2 aromatic heterocycles. The topological polar surface area (TPSA) is 69.9 Å². The molecule has 0 amide bonds. The summed E-state index contributed by atoms with van der Waals surface area (Å²) in [6.07, 6.45) is 1.87. The molecule has 3 heterocycles. The number of benzene rings is 1. The van der Waals surface area contributed by atoms with Crippen LogP contribution in [0.4, 0.5) is 0 Å². The highest BCUT2D eigenvalue weighted by Crippen LogP contribution is 2.31. The van der Waals surface area contributed by atoms with E-state index >= 15 is 0 Å². The van der Waals surface area contributed by atoms with E-state index in [9.17, 15) is 9.59 Å². The van der Waals surface area contributed by atoms with Gasteiger partial charge in [0.2, 0.25) is 0 Å². The van der Waals surface area contributed by atoms with Crippen LogP contribution in [0.25, 0.3) is 6.08 Å². The van der Waals surface area contributed by atoms with Gasteiger partial charge >= 0.3 is 5.97 Å². The van der Waals surface area contributed by atoms with Crippen molar-refractivity contribution in [3.05, 3.63) is 83.2 Å². The monoisotopic (exact) mass is 482 g/mol. The van der Waals surface area contributed by atoms with E-state index in [2.05, 4.69) is 4.99 Å². The zero-order valence-electron chi connectivity index (χ0n) is 19.0. The van der Waals surface area contributed by atoms with Crippen molar-refractivity contribution in [3.63, 3.8) is 0 Å². The molecule has 0 bridgehead atoms. The zero-order valence-corrected chi connectivity index (χ0v) is 20.7. The Bertz CT molecular complexity index is 1350. The van der Waals surface area contributed by atoms with Crippen LogP contribution in [0.3, 0.4) is 0 Å². The standard InChI is InChI=1S/C25H26N2O4S2/c1-5-30-18-10-8-17(9-11-18)22-21(24(29)31-14-15(2)3)16(4)26-25-27(22)23(28)20(33-25)13-19-7-6-12-32-19/h6-13,15,22H,5,14H2,1-4H3. The maximum absolute atomic E-state index is 13.5. The molecule has 0 spiro atoms. The Labute approximate surface area is 200 Å². The number of esters is 1. The zero-order chi connectivity index (χ0) is 23.5. The molecule has 1 aromatic carbocycles. The van der Waals surface area contributed by atoms with E-state index in [0.717, 1.165) is 16.2 Å². The highest BCUT2D eigenvalue weighted by atomic mass is 32.1. The molecular weight excluding hydrogens is 456 g/mol. The van der Waals surface area contributed by atoms with Crippen LogP contribution in [0, 0.1) is 5.92 Å². The number of rotatable bonds is 7. The fourth-order valence-electron chi connectivity index (χ4n) is 3.63. The molecule has 0 saturated carbocycles. The summed E-state index contributed by atoms with van der Waals surface area (Å²) in [6, 6.07) is 10.8. The second-order valence-corrected chi connectivity index (χ2v) is 10.1. The van der Waals surface area contributed by atoms with Crippen molar-refractivity contribution in [2.75, 3.05) is 13.2 Å². The van der Waals surface area contributed by atoms with Crippen molar-refractivity contribution in [2.24, 2.45) is 10.9 Å². The van der Waals surface area contributed by atoms with Gasteiger partial charge in [0.25, 0.3) is 5.56 Å². The smallest absolute Gasteiger partial charge is 0.338 e. The van der Waals surface area contributed by atoms with Gasteiger partial charge in [-0.15, -0.1) is 11.3 Å². The number of ether oxygens (including phenoxy) is 2. The third-order valence-corrected chi connectivity index (χ3v) is 6.91. The molecule has 0 radical (unpaired) electrons. The Morgan fingerprint density at radius 3 is 2.64 bits per heavy atom. The predicted molar refractivity (Wildman–Crippen MR) is 131 cm³/mol. The minimum absolute atomic E-state index is 0.173. The fourth-order valence-corrected chi connectivity index (χ4v) is 5.40. The van der Waals surface area contributed by atoms with Gasteiger partial charge in [-0.2, -0.15) is 0 Å². The normalized spacial score (nSPS) is 16.0. The summed E-state index contributed by atoms with van der Waals surface area (Å²) < 4.78 is 13.3. The summed E-state index contributed by atoms with van der Waals surface area (Å²) in [7, 11) is 0. The Balaban J connectivity index is 1.87. The number of hydrogen-bond acceptors (Lipinski definition) is 7. The van der Waals surface area contributed by atoms with Gasteiger partial charge in [0.1, 0.15) is 5.75 Å². The molecule has 172 valence electrons. The first-order valence-electron chi connectivity index (χ1n) is 10.8. The van der Waals surface area contributed by atoms with Gasteiger partial charge in [0.15, 0.2) is 4.80 Å². The number of carbonyl (C=O) groups excluding carboxylic acids is 1. The summed E-state index contributed by atoms with van der Waals surface area (Å²) in [5, 5.41) is 1.97. The number of thiophene rings is 1. The molecule has 6 nitrogen and oxygen atoms in total. The lowest BCUT2D eigenvalue weighted by Crippen LogP contribution is -2.40. The lowest BCUT2D eigenvalue weighted by Gasteiger charge is -2.25. The van der Waals surface area contributed by atoms with Crippen molar-refractivity contribution in [1.82, 2.24) is 4.57 Å². The van der Waals surface area contributed by atoms with Crippen LogP contribution < -0.4 is 19.6 Å². The van der Waals surface area contributed by atoms with Crippen LogP contribution in [-0.2, 0) is 9.53 Å². The fraction of sp³-hybridized carbons (Fsp3) is 0.320. The third-order valence-electron chi connectivity index (χ3n) is 5.11. The Hall–Kier alpha value is -2.97. The van der Waals surface area contributed by atoms with Gasteiger partial charge in [-0.25, -0.2) is 9.79 Å². The number of carbonyl (C=O) groups is 1. The highest BCUT2D eigenvalue weighted by molar-refractivity contribution is 7.11. The summed E-state index contributed by atoms with van der Waals surface area (Å²) in [6.45, 7) is 8.55. The quantitative estimate of drug-likeness (QED) is 0.479. The number of nitrogens with zero attached hydrogens (tertiary/aromatic N) is 2. The lowest BCUT2D eigenvalue weighted by atomic mass is 9.96. The second kappa shape index (κ2) is 9.89. The first kappa shape index (κ1) is 23.2. The highest BCUT2D eigenvalue weighted by Gasteiger charge is 2.33. The van der Waals surface area contributed by atoms with E-state index in [-0.39, 0.29) is 11.5 Å². The van der Waals surface area contributed by atoms with E-state index in [1.807, 2.05) is 68.6 Å². The average Bonchev–Trinajstić information content (AvgIpc) is 3.40. The SMILES string of the molecule is CCOc1ccc(C2C(C(=O)OCC(C)C)=C(C)N=c3sc(=Cc4cccs4)c(=O)n32)cc1. The Kier molecular flexibility index (Phi) is 6.95. The van der Waals surface area contributed by atoms with Crippen LogP contribution in [0.5, 0.6) is 5.75 Å². The first-order valence-corrected chi connectivity index (χ1v) is 12.5. The summed E-state index contributed by atoms with van der Waals surface area (Å²) in [5.74, 6) is 0.484. The molecule has 33 heavy (non-hydrogen) atoms. The minimum Gasteiger partial charge on any atom is -0.494 e. The molecular formula is C25H26N2O4S2. The molecule has 3 aromatic rings. The lowest BCUT2D eigenvalue weighted by molar-refractivity contribution is -0.140. The molecule has 0 fully saturated rings. The number of thiazole rings is 1. The molecule has 0 N–H and O–H groups in total. The Morgan fingerprint density at radius 2 is 2.00 bits per heavy atom. The largest absolute Gasteiger partial charge is 0.494 e. The number of aromatic nitrogens is 1. The number of fused-ring (bicyclic) bond motifs is 1. The van der Waals surface area contributed by atoms with Crippen molar-refractivity contribution in [3.8, 4) is 5.75 Å². The van der Waals surface area contributed by atoms with E-state index in [1.54, 1.807) is 22.8 Å². The van der Waals surface area contributed by atoms with Crippen LogP contribution in [-0.4, -0.2) is 23.8 Å². The predicted octanol–water partition coefficient (Wildman–Crippen LogP) is 3.89. The van der Waals surface area contributed by atoms with E-state index in [1.165, 1.54) is 11.3 Å². The molecule has 1 atom stereocenters. The van der Waals surface area contributed by atoms with Crippen molar-refractivity contribution in [2.45, 2.75) is 33.7 Å². The minimum atomic E-state index is -0.623. The Morgan fingerprint density at radius 1 is 1.24 bits per heavy atom. The van der Waals surface area contributed by atoms with Gasteiger partial charge in [0, 0.05) is 4.88 Å². The number of hydrogen-bond donors (Lipinski definition) is 0. The van der Waals surface area contributed by atoms with Crippen molar-refractivity contribution < 1.29 is 14.3 Å². The maximum atomic E-state index is 13.5. The van der Waals surface area contributed by atoms with E-state index in [4.69, 9.17) is 9.47 Å². The first-order chi connectivity index (χ1) is 15.9. The summed E-state index contributed by atoms with van der Waals surface area (Å²) in [4.78, 5) is 32.9. The summed E-state index contributed by atoms with van der Waals surface area (Å²) in [5.41, 5.74) is 1.57. The number of allylic oxidation sites excluding steroid dienone is 1. The van der Waals surface area contributed by atoms with Crippen LogP contribution >= 0.6 is 22.7 Å². The van der Waals surface area contributed by atoms with Gasteiger partial charge in [-0.3, -0.25) is 9.36 Å². The van der Waals surface area contributed by atoms with Gasteiger partial charge in [-0.1, -0.05) is 43.4 Å². The van der Waals surface area contributed by atoms with Crippen LogP contribution in [0.1, 0.15) is 44.2 Å². The van der Waals surface area contributed by atoms with Crippen LogP contribution in [0.15, 0.2) is 62.8 Å². The molecule has 1 aliphatic heterocycles. The van der Waals surface area contributed by atoms with Crippen molar-refractivity contribution >= 4 is 34.7 Å². The van der Waals surface area contributed by atoms with Gasteiger partial charge in [-0.05, 0) is 55.0 Å². The van der Waals surface area contributed by atoms with Gasteiger partial charge < -0.3 is 9.47 Å². The van der Waals surface area contributed by atoms with Gasteiger partial charge in [0.05, 0.1) is 35.1 Å². The molecule has 0 aliphatic carbocycles. The molecule has 1 unspecified atom stereocenters. The molecule has 8 heteroatoms. The van der Waals surface area contributed by atoms with E-state index in [0.29, 0.717) is 33.8 Å². The average molecular weight is 483 g/mol. The molecule has 0 saturated heterocycles. The molecule has 1 aliphatic rings.